The molecule has 5 heteroatoms. The van der Waals surface area contributed by atoms with Gasteiger partial charge in [-0.2, -0.15) is 0 Å². The predicted molar refractivity (Wildman–Crippen MR) is 85.9 cm³/mol. The lowest BCUT2D eigenvalue weighted by atomic mass is 10.2. The molecule has 1 heterocycles. The first-order valence-corrected chi connectivity index (χ1v) is 6.81. The van der Waals surface area contributed by atoms with Gasteiger partial charge in [-0.3, -0.25) is 14.6 Å². The molecule has 0 bridgehead atoms. The van der Waals surface area contributed by atoms with E-state index in [9.17, 15) is 9.59 Å². The molecule has 1 aromatic heterocycles. The number of rotatable bonds is 5. The van der Waals surface area contributed by atoms with Crippen LogP contribution in [0.25, 0.3) is 0 Å². The molecule has 0 saturated heterocycles. The van der Waals surface area contributed by atoms with Gasteiger partial charge >= 0.3 is 0 Å². The second-order valence-electron chi connectivity index (χ2n) is 4.63. The minimum atomic E-state index is -0.274. The van der Waals surface area contributed by atoms with Gasteiger partial charge in [0.25, 0.3) is 11.8 Å². The molecule has 5 nitrogen and oxygen atoms in total. The number of pyridine rings is 1. The summed E-state index contributed by atoms with van der Waals surface area (Å²) in [6.45, 7) is 3.91. The van der Waals surface area contributed by atoms with Gasteiger partial charge in [0.05, 0.1) is 0 Å². The van der Waals surface area contributed by atoms with E-state index in [-0.39, 0.29) is 17.5 Å². The number of aromatic nitrogens is 1. The van der Waals surface area contributed by atoms with Gasteiger partial charge in [0.2, 0.25) is 0 Å². The van der Waals surface area contributed by atoms with Crippen molar-refractivity contribution in [1.29, 1.82) is 0 Å². The Bertz CT molecular complexity index is 683. The van der Waals surface area contributed by atoms with E-state index in [0.29, 0.717) is 12.1 Å². The second-order valence-corrected chi connectivity index (χ2v) is 4.63. The summed E-state index contributed by atoms with van der Waals surface area (Å²) in [4.78, 5) is 29.9. The molecule has 0 aliphatic carbocycles. The van der Waals surface area contributed by atoms with Crippen molar-refractivity contribution in [2.45, 2.75) is 0 Å². The Morgan fingerprint density at radius 3 is 2.68 bits per heavy atom. The number of nitrogens with zero attached hydrogens (tertiary/aromatic N) is 2. The summed E-state index contributed by atoms with van der Waals surface area (Å²) in [6.07, 6.45) is 3.04. The Labute approximate surface area is 129 Å². The van der Waals surface area contributed by atoms with Crippen LogP contribution >= 0.6 is 0 Å². The molecule has 1 N–H and O–H groups in total. The maximum Gasteiger partial charge on any atom is 0.276 e. The van der Waals surface area contributed by atoms with Crippen molar-refractivity contribution in [2.24, 2.45) is 0 Å². The smallest absolute Gasteiger partial charge is 0.276 e. The number of para-hydroxylation sites is 1. The van der Waals surface area contributed by atoms with Crippen LogP contribution in [0.1, 0.15) is 20.8 Å². The lowest BCUT2D eigenvalue weighted by Crippen LogP contribution is -2.28. The second kappa shape index (κ2) is 7.17. The maximum atomic E-state index is 12.4. The quantitative estimate of drug-likeness (QED) is 0.861. The van der Waals surface area contributed by atoms with Crippen molar-refractivity contribution in [3.63, 3.8) is 0 Å². The Hall–Kier alpha value is -2.95. The number of amides is 2. The van der Waals surface area contributed by atoms with Crippen molar-refractivity contribution in [3.8, 4) is 0 Å². The number of hydrogen-bond acceptors (Lipinski definition) is 3. The van der Waals surface area contributed by atoms with Gasteiger partial charge in [-0.1, -0.05) is 24.3 Å². The third-order valence-electron chi connectivity index (χ3n) is 3.10. The Balaban J connectivity index is 2.20. The van der Waals surface area contributed by atoms with Gasteiger partial charge in [-0.15, -0.1) is 6.58 Å². The lowest BCUT2D eigenvalue weighted by molar-refractivity contribution is 0.0958. The van der Waals surface area contributed by atoms with Crippen molar-refractivity contribution in [3.05, 3.63) is 72.6 Å². The van der Waals surface area contributed by atoms with Crippen LogP contribution in [-0.2, 0) is 0 Å². The molecule has 0 aliphatic rings. The average Bonchev–Trinajstić information content (AvgIpc) is 2.59. The number of anilines is 1. The van der Waals surface area contributed by atoms with E-state index < -0.39 is 0 Å². The molecule has 22 heavy (non-hydrogen) atoms. The van der Waals surface area contributed by atoms with Crippen LogP contribution in [-0.4, -0.2) is 30.4 Å². The third kappa shape index (κ3) is 3.58. The van der Waals surface area contributed by atoms with E-state index in [2.05, 4.69) is 16.9 Å². The molecular formula is C17H17N3O2. The van der Waals surface area contributed by atoms with E-state index in [1.165, 1.54) is 17.2 Å². The normalized spacial score (nSPS) is 9.86. The number of hydrogen-bond donors (Lipinski definition) is 1. The highest BCUT2D eigenvalue weighted by molar-refractivity contribution is 6.06. The molecule has 0 spiro atoms. The van der Waals surface area contributed by atoms with E-state index in [4.69, 9.17) is 0 Å². The molecule has 0 atom stereocenters. The van der Waals surface area contributed by atoms with Gasteiger partial charge in [-0.05, 0) is 24.3 Å². The van der Waals surface area contributed by atoms with E-state index >= 15 is 0 Å². The van der Waals surface area contributed by atoms with Gasteiger partial charge < -0.3 is 10.2 Å². The number of nitrogens with one attached hydrogen (secondary N) is 1. The molecular weight excluding hydrogens is 278 g/mol. The topological polar surface area (TPSA) is 62.3 Å². The van der Waals surface area contributed by atoms with Crippen LogP contribution in [0.3, 0.4) is 0 Å². The fraction of sp³-hybridized carbons (Fsp3) is 0.118. The fourth-order valence-electron chi connectivity index (χ4n) is 1.90. The summed E-state index contributed by atoms with van der Waals surface area (Å²) in [5, 5.41) is 2.67. The van der Waals surface area contributed by atoms with Crippen LogP contribution in [0.4, 0.5) is 5.69 Å². The van der Waals surface area contributed by atoms with Gasteiger partial charge in [0, 0.05) is 31.0 Å². The zero-order valence-corrected chi connectivity index (χ0v) is 12.3. The number of carbonyl (C=O) groups is 2. The minimum absolute atomic E-state index is 0.220. The van der Waals surface area contributed by atoms with Crippen LogP contribution in [0, 0.1) is 0 Å². The molecule has 2 amide bonds. The van der Waals surface area contributed by atoms with Crippen LogP contribution in [0.2, 0.25) is 0 Å². The first-order chi connectivity index (χ1) is 10.6. The van der Waals surface area contributed by atoms with Gasteiger partial charge in [0.15, 0.2) is 0 Å². The van der Waals surface area contributed by atoms with Crippen LogP contribution in [0.5, 0.6) is 0 Å². The summed E-state index contributed by atoms with van der Waals surface area (Å²) in [5.74, 6) is -0.539. The van der Waals surface area contributed by atoms with Crippen molar-refractivity contribution in [2.75, 3.05) is 18.5 Å². The molecule has 2 rings (SSSR count). The molecule has 0 unspecified atom stereocenters. The fourth-order valence-corrected chi connectivity index (χ4v) is 1.90. The lowest BCUT2D eigenvalue weighted by Gasteiger charge is -2.16. The highest BCUT2D eigenvalue weighted by Crippen LogP contribution is 2.14. The molecule has 0 radical (unpaired) electrons. The van der Waals surface area contributed by atoms with Crippen molar-refractivity contribution in [1.82, 2.24) is 10.3 Å². The third-order valence-corrected chi connectivity index (χ3v) is 3.10. The van der Waals surface area contributed by atoms with E-state index in [1.54, 1.807) is 19.2 Å². The molecule has 0 fully saturated rings. The maximum absolute atomic E-state index is 12.4. The summed E-state index contributed by atoms with van der Waals surface area (Å²) in [5.41, 5.74) is 1.37. The van der Waals surface area contributed by atoms with Crippen molar-refractivity contribution >= 4 is 17.5 Å². The molecule has 112 valence electrons. The highest BCUT2D eigenvalue weighted by atomic mass is 16.2. The molecule has 2 aromatic rings. The Kier molecular flexibility index (Phi) is 5.03. The summed E-state index contributed by atoms with van der Waals surface area (Å²) in [7, 11) is 1.67. The monoisotopic (exact) mass is 295 g/mol. The largest absolute Gasteiger partial charge is 0.349 e. The first-order valence-electron chi connectivity index (χ1n) is 6.81. The zero-order valence-electron chi connectivity index (χ0n) is 12.3. The number of benzene rings is 1. The average molecular weight is 295 g/mol. The summed E-state index contributed by atoms with van der Waals surface area (Å²) < 4.78 is 0. The minimum Gasteiger partial charge on any atom is -0.349 e. The zero-order chi connectivity index (χ0) is 15.9. The van der Waals surface area contributed by atoms with Gasteiger partial charge in [0.1, 0.15) is 5.69 Å². The molecule has 1 aromatic carbocycles. The van der Waals surface area contributed by atoms with Gasteiger partial charge in [-0.25, -0.2) is 0 Å². The van der Waals surface area contributed by atoms with Crippen LogP contribution < -0.4 is 10.2 Å². The predicted octanol–water partition coefficient (Wildman–Crippen LogP) is 2.27. The first kappa shape index (κ1) is 15.4. The summed E-state index contributed by atoms with van der Waals surface area (Å²) in [6, 6.07) is 12.3. The molecule has 0 aliphatic heterocycles. The standard InChI is InChI=1S/C17H17N3O2/c1-3-10-19-16(21)13-9-11-18-15(12-13)17(22)20(2)14-7-5-4-6-8-14/h3-9,11-12H,1,10H2,2H3,(H,19,21). The van der Waals surface area contributed by atoms with Crippen molar-refractivity contribution < 1.29 is 9.59 Å². The molecule has 0 saturated carbocycles. The van der Waals surface area contributed by atoms with Crippen LogP contribution in [0.15, 0.2) is 61.3 Å². The highest BCUT2D eigenvalue weighted by Gasteiger charge is 2.16. The Morgan fingerprint density at radius 1 is 1.27 bits per heavy atom. The summed E-state index contributed by atoms with van der Waals surface area (Å²) >= 11 is 0. The van der Waals surface area contributed by atoms with E-state index in [0.717, 1.165) is 5.69 Å². The number of carbonyl (C=O) groups excluding carboxylic acids is 2. The SMILES string of the molecule is C=CCNC(=O)c1ccnc(C(=O)N(C)c2ccccc2)c1. The Morgan fingerprint density at radius 2 is 2.00 bits per heavy atom. The van der Waals surface area contributed by atoms with E-state index in [1.807, 2.05) is 30.3 Å².